The largest absolute Gasteiger partial charge is 0.271 e. The Kier molecular flexibility index (Phi) is 4.80. The summed E-state index contributed by atoms with van der Waals surface area (Å²) < 4.78 is 18.3. The first kappa shape index (κ1) is 15.0. The number of hydrogen-bond acceptors (Lipinski definition) is 5. The van der Waals surface area contributed by atoms with Gasteiger partial charge >= 0.3 is 0 Å². The van der Waals surface area contributed by atoms with Crippen LogP contribution in [-0.4, -0.2) is 9.59 Å². The Morgan fingerprint density at radius 3 is 2.75 bits per heavy atom. The van der Waals surface area contributed by atoms with Crippen molar-refractivity contribution in [1.82, 2.24) is 15.0 Å². The quantitative estimate of drug-likeness (QED) is 0.657. The van der Waals surface area contributed by atoms with E-state index in [1.165, 1.54) is 17.6 Å². The molecule has 2 aromatic rings. The second kappa shape index (κ2) is 6.39. The van der Waals surface area contributed by atoms with Gasteiger partial charge in [0.15, 0.2) is 0 Å². The van der Waals surface area contributed by atoms with Gasteiger partial charge < -0.3 is 0 Å². The molecule has 6 heteroatoms. The lowest BCUT2D eigenvalue weighted by molar-refractivity contribution is 0.557. The van der Waals surface area contributed by atoms with E-state index >= 15 is 0 Å². The summed E-state index contributed by atoms with van der Waals surface area (Å²) in [5, 5.41) is 4.13. The first-order chi connectivity index (χ1) is 9.58. The van der Waals surface area contributed by atoms with Crippen LogP contribution in [0.25, 0.3) is 0 Å². The van der Waals surface area contributed by atoms with E-state index in [-0.39, 0.29) is 5.82 Å². The van der Waals surface area contributed by atoms with E-state index in [2.05, 4.69) is 21.9 Å². The summed E-state index contributed by atoms with van der Waals surface area (Å²) in [5.74, 6) is 5.42. The molecule has 0 aliphatic carbocycles. The van der Waals surface area contributed by atoms with Gasteiger partial charge in [0.25, 0.3) is 0 Å². The zero-order valence-electron chi connectivity index (χ0n) is 11.9. The van der Waals surface area contributed by atoms with E-state index in [4.69, 9.17) is 5.84 Å². The normalized spacial score (nSPS) is 12.7. The molecule has 0 aliphatic rings. The molecule has 4 nitrogen and oxygen atoms in total. The highest BCUT2D eigenvalue weighted by Gasteiger charge is 2.24. The molecule has 3 N–H and O–H groups in total. The number of benzene rings is 1. The fourth-order valence-electron chi connectivity index (χ4n) is 2.43. The highest BCUT2D eigenvalue weighted by atomic mass is 32.1. The average Bonchev–Trinajstić information content (AvgIpc) is 2.82. The zero-order valence-corrected chi connectivity index (χ0v) is 12.7. The summed E-state index contributed by atoms with van der Waals surface area (Å²) in [5.41, 5.74) is 5.95. The monoisotopic (exact) mass is 294 g/mol. The lowest BCUT2D eigenvalue weighted by atomic mass is 9.96. The molecular formula is C14H19FN4S. The van der Waals surface area contributed by atoms with Crippen LogP contribution in [0.5, 0.6) is 0 Å². The van der Waals surface area contributed by atoms with Crippen molar-refractivity contribution in [3.05, 3.63) is 45.2 Å². The van der Waals surface area contributed by atoms with Gasteiger partial charge in [-0.1, -0.05) is 23.9 Å². The molecule has 20 heavy (non-hydrogen) atoms. The minimum atomic E-state index is -0.405. The molecule has 0 spiro atoms. The molecule has 0 fully saturated rings. The first-order valence-electron chi connectivity index (χ1n) is 6.62. The van der Waals surface area contributed by atoms with Gasteiger partial charge in [0.1, 0.15) is 5.82 Å². The Morgan fingerprint density at radius 1 is 1.40 bits per heavy atom. The van der Waals surface area contributed by atoms with Crippen molar-refractivity contribution in [3.8, 4) is 0 Å². The minimum Gasteiger partial charge on any atom is -0.271 e. The number of aryl methyl sites for hydroxylation is 3. The number of hydrogen-bond donors (Lipinski definition) is 2. The Morgan fingerprint density at radius 2 is 2.15 bits per heavy atom. The molecule has 0 amide bonds. The van der Waals surface area contributed by atoms with Crippen LogP contribution in [0.4, 0.5) is 4.39 Å². The fraction of sp³-hybridized carbons (Fsp3) is 0.429. The number of nitrogens with zero attached hydrogens (tertiary/aromatic N) is 2. The van der Waals surface area contributed by atoms with Gasteiger partial charge in [-0.3, -0.25) is 5.84 Å². The molecule has 1 aromatic carbocycles. The van der Waals surface area contributed by atoms with Crippen LogP contribution < -0.4 is 11.3 Å². The van der Waals surface area contributed by atoms with Crippen LogP contribution in [0.3, 0.4) is 0 Å². The van der Waals surface area contributed by atoms with Gasteiger partial charge in [-0.25, -0.2) is 9.82 Å². The molecule has 1 unspecified atom stereocenters. The molecule has 0 bridgehead atoms. The predicted molar refractivity (Wildman–Crippen MR) is 78.9 cm³/mol. The van der Waals surface area contributed by atoms with Crippen molar-refractivity contribution in [3.63, 3.8) is 0 Å². The number of nitrogens with two attached hydrogens (primary N) is 1. The third kappa shape index (κ3) is 2.87. The highest BCUT2D eigenvalue weighted by molar-refractivity contribution is 7.05. The molecule has 0 saturated carbocycles. The number of nitrogens with one attached hydrogen (secondary N) is 1. The van der Waals surface area contributed by atoms with Gasteiger partial charge in [-0.05, 0) is 49.0 Å². The number of aromatic nitrogens is 2. The van der Waals surface area contributed by atoms with E-state index in [1.54, 1.807) is 0 Å². The van der Waals surface area contributed by atoms with E-state index < -0.39 is 6.04 Å². The molecule has 108 valence electrons. The topological polar surface area (TPSA) is 63.8 Å². The summed E-state index contributed by atoms with van der Waals surface area (Å²) in [7, 11) is 0. The molecule has 1 aromatic heterocycles. The summed E-state index contributed by atoms with van der Waals surface area (Å²) in [4.78, 5) is 0.889. The Hall–Kier alpha value is -1.37. The average molecular weight is 294 g/mol. The standard InChI is InChI=1S/C14H19FN4S/c1-4-5-11-14(20-19-18-11)13(17-16)12-9(3)6-8(2)7-10(12)15/h6-7,13,17H,4-5,16H2,1-3H3. The van der Waals surface area contributed by atoms with Crippen LogP contribution in [0, 0.1) is 19.7 Å². The van der Waals surface area contributed by atoms with Gasteiger partial charge in [-0.2, -0.15) is 0 Å². The zero-order chi connectivity index (χ0) is 14.7. The third-order valence-electron chi connectivity index (χ3n) is 3.27. The van der Waals surface area contributed by atoms with E-state index in [1.807, 2.05) is 19.9 Å². The van der Waals surface area contributed by atoms with Gasteiger partial charge in [0.2, 0.25) is 0 Å². The molecule has 0 radical (unpaired) electrons. The van der Waals surface area contributed by atoms with Crippen molar-refractivity contribution in [1.29, 1.82) is 0 Å². The van der Waals surface area contributed by atoms with E-state index in [0.717, 1.165) is 34.5 Å². The van der Waals surface area contributed by atoms with E-state index in [9.17, 15) is 4.39 Å². The summed E-state index contributed by atoms with van der Waals surface area (Å²) in [6.45, 7) is 5.84. The van der Waals surface area contributed by atoms with Crippen LogP contribution in [0.2, 0.25) is 0 Å². The van der Waals surface area contributed by atoms with Gasteiger partial charge in [-0.15, -0.1) is 5.10 Å². The lowest BCUT2D eigenvalue weighted by Gasteiger charge is -2.19. The minimum absolute atomic E-state index is 0.249. The number of halogens is 1. The summed E-state index contributed by atoms with van der Waals surface area (Å²) >= 11 is 1.27. The first-order valence-corrected chi connectivity index (χ1v) is 7.39. The lowest BCUT2D eigenvalue weighted by Crippen LogP contribution is -2.30. The Balaban J connectivity index is 2.50. The molecule has 1 heterocycles. The van der Waals surface area contributed by atoms with E-state index in [0.29, 0.717) is 5.56 Å². The third-order valence-corrected chi connectivity index (χ3v) is 4.10. The molecule has 0 saturated heterocycles. The molecule has 2 rings (SSSR count). The van der Waals surface area contributed by atoms with Crippen LogP contribution in [-0.2, 0) is 6.42 Å². The van der Waals surface area contributed by atoms with Gasteiger partial charge in [0.05, 0.1) is 16.6 Å². The fourth-order valence-corrected chi connectivity index (χ4v) is 3.19. The number of hydrazine groups is 1. The molecule has 1 atom stereocenters. The van der Waals surface area contributed by atoms with Crippen LogP contribution in [0.1, 0.15) is 46.6 Å². The van der Waals surface area contributed by atoms with Crippen molar-refractivity contribution in [2.24, 2.45) is 5.84 Å². The van der Waals surface area contributed by atoms with Crippen molar-refractivity contribution >= 4 is 11.5 Å². The maximum Gasteiger partial charge on any atom is 0.128 e. The molecular weight excluding hydrogens is 275 g/mol. The Labute approximate surface area is 122 Å². The maximum absolute atomic E-state index is 14.3. The van der Waals surface area contributed by atoms with Crippen LogP contribution in [0.15, 0.2) is 12.1 Å². The highest BCUT2D eigenvalue weighted by Crippen LogP contribution is 2.31. The van der Waals surface area contributed by atoms with Gasteiger partial charge in [0, 0.05) is 5.56 Å². The smallest absolute Gasteiger partial charge is 0.128 e. The maximum atomic E-state index is 14.3. The molecule has 0 aliphatic heterocycles. The summed E-state index contributed by atoms with van der Waals surface area (Å²) in [6.07, 6.45) is 1.78. The predicted octanol–water partition coefficient (Wildman–Crippen LogP) is 2.80. The summed E-state index contributed by atoms with van der Waals surface area (Å²) in [6, 6.07) is 3.08. The van der Waals surface area contributed by atoms with Crippen LogP contribution >= 0.6 is 11.5 Å². The second-order valence-electron chi connectivity index (χ2n) is 4.91. The number of rotatable bonds is 5. The SMILES string of the molecule is CCCc1nnsc1C(NN)c1c(C)cc(C)cc1F. The Bertz CT molecular complexity index is 574. The van der Waals surface area contributed by atoms with Crippen molar-refractivity contribution in [2.45, 2.75) is 39.7 Å². The van der Waals surface area contributed by atoms with Crippen molar-refractivity contribution in [2.75, 3.05) is 0 Å². The second-order valence-corrected chi connectivity index (χ2v) is 5.70. The van der Waals surface area contributed by atoms with Crippen molar-refractivity contribution < 1.29 is 4.39 Å².